The van der Waals surface area contributed by atoms with Crippen molar-refractivity contribution in [2.24, 2.45) is 35.0 Å². The minimum atomic E-state index is -0.745. The van der Waals surface area contributed by atoms with E-state index in [4.69, 9.17) is 9.47 Å². The summed E-state index contributed by atoms with van der Waals surface area (Å²) in [5.74, 6) is 0.0852. The van der Waals surface area contributed by atoms with Crippen molar-refractivity contribution in [3.8, 4) is 0 Å². The Hall–Kier alpha value is -1.14. The molecule has 138 valence electrons. The van der Waals surface area contributed by atoms with Crippen molar-refractivity contribution in [2.75, 3.05) is 33.9 Å². The molecule has 0 amide bonds. The average Bonchev–Trinajstić information content (AvgIpc) is 3.17. The number of hydrogen-bond acceptors (Lipinski definition) is 6. The lowest BCUT2D eigenvalue weighted by Gasteiger charge is -2.41. The molecular formula is C18H32N2O4. The Balaban J connectivity index is 2.49. The zero-order valence-electron chi connectivity index (χ0n) is 15.7. The van der Waals surface area contributed by atoms with E-state index in [1.165, 1.54) is 14.2 Å². The molecule has 0 aromatic rings. The minimum Gasteiger partial charge on any atom is -0.469 e. The fraction of sp³-hybridized carbons (Fsp3) is 0.889. The van der Waals surface area contributed by atoms with Gasteiger partial charge in [-0.15, -0.1) is 0 Å². The molecule has 0 aromatic carbocycles. The van der Waals surface area contributed by atoms with Crippen LogP contribution >= 0.6 is 0 Å². The molecule has 2 aliphatic heterocycles. The number of ether oxygens (including phenoxy) is 2. The SMILES string of the molecule is COC(=O)C1C(C(C)C)CNC1C1(C(=O)OC)CNCC1C(C)C. The van der Waals surface area contributed by atoms with Gasteiger partial charge in [0.15, 0.2) is 0 Å². The maximum atomic E-state index is 12.9. The summed E-state index contributed by atoms with van der Waals surface area (Å²) in [6.07, 6.45) is 0. The molecule has 0 saturated carbocycles. The van der Waals surface area contributed by atoms with Gasteiger partial charge in [0.05, 0.1) is 20.1 Å². The highest BCUT2D eigenvalue weighted by Crippen LogP contribution is 2.47. The van der Waals surface area contributed by atoms with Gasteiger partial charge in [0.2, 0.25) is 0 Å². The number of methoxy groups -OCH3 is 2. The highest BCUT2D eigenvalue weighted by Gasteiger charge is 2.62. The first-order valence-corrected chi connectivity index (χ1v) is 8.91. The van der Waals surface area contributed by atoms with Crippen molar-refractivity contribution < 1.29 is 19.1 Å². The van der Waals surface area contributed by atoms with Crippen LogP contribution < -0.4 is 10.6 Å². The molecule has 2 rings (SSSR count). The molecule has 24 heavy (non-hydrogen) atoms. The minimum absolute atomic E-state index is 0.112. The van der Waals surface area contributed by atoms with E-state index in [0.29, 0.717) is 24.9 Å². The van der Waals surface area contributed by atoms with Crippen LogP contribution in [0.1, 0.15) is 27.7 Å². The molecule has 0 bridgehead atoms. The van der Waals surface area contributed by atoms with Gasteiger partial charge in [0.25, 0.3) is 0 Å². The Morgan fingerprint density at radius 3 is 2.21 bits per heavy atom. The summed E-state index contributed by atoms with van der Waals surface area (Å²) < 4.78 is 10.3. The molecule has 2 fully saturated rings. The molecule has 5 atom stereocenters. The maximum Gasteiger partial charge on any atom is 0.315 e. The molecule has 2 N–H and O–H groups in total. The van der Waals surface area contributed by atoms with Gasteiger partial charge < -0.3 is 20.1 Å². The van der Waals surface area contributed by atoms with Crippen LogP contribution in [0.2, 0.25) is 0 Å². The van der Waals surface area contributed by atoms with Gasteiger partial charge in [-0.1, -0.05) is 27.7 Å². The molecule has 2 aliphatic rings. The highest BCUT2D eigenvalue weighted by molar-refractivity contribution is 5.82. The fourth-order valence-electron chi connectivity index (χ4n) is 4.82. The molecule has 0 radical (unpaired) electrons. The topological polar surface area (TPSA) is 76.7 Å². The van der Waals surface area contributed by atoms with Crippen LogP contribution in [0.3, 0.4) is 0 Å². The van der Waals surface area contributed by atoms with Crippen LogP contribution in [0.4, 0.5) is 0 Å². The summed E-state index contributed by atoms with van der Waals surface area (Å²) >= 11 is 0. The first-order chi connectivity index (χ1) is 11.3. The van der Waals surface area contributed by atoms with E-state index >= 15 is 0 Å². The molecule has 6 heteroatoms. The van der Waals surface area contributed by atoms with Crippen molar-refractivity contribution in [1.82, 2.24) is 10.6 Å². The van der Waals surface area contributed by atoms with E-state index in [1.54, 1.807) is 0 Å². The van der Waals surface area contributed by atoms with E-state index in [2.05, 4.69) is 38.3 Å². The largest absolute Gasteiger partial charge is 0.469 e. The Bertz CT molecular complexity index is 480. The molecule has 0 aromatic heterocycles. The van der Waals surface area contributed by atoms with Crippen molar-refractivity contribution in [3.63, 3.8) is 0 Å². The van der Waals surface area contributed by atoms with E-state index in [0.717, 1.165) is 6.54 Å². The van der Waals surface area contributed by atoms with Gasteiger partial charge in [-0.3, -0.25) is 9.59 Å². The number of carbonyl (C=O) groups is 2. The summed E-state index contributed by atoms with van der Waals surface area (Å²) in [6.45, 7) is 10.5. The second-order valence-corrected chi connectivity index (χ2v) is 7.86. The van der Waals surface area contributed by atoms with E-state index < -0.39 is 5.41 Å². The molecule has 6 nitrogen and oxygen atoms in total. The molecule has 5 unspecified atom stereocenters. The second-order valence-electron chi connectivity index (χ2n) is 7.86. The summed E-state index contributed by atoms with van der Waals surface area (Å²) in [5.41, 5.74) is -0.745. The van der Waals surface area contributed by atoms with Crippen molar-refractivity contribution in [1.29, 1.82) is 0 Å². The molecule has 2 saturated heterocycles. The van der Waals surface area contributed by atoms with Gasteiger partial charge in [-0.2, -0.15) is 0 Å². The predicted molar refractivity (Wildman–Crippen MR) is 91.3 cm³/mol. The van der Waals surface area contributed by atoms with Gasteiger partial charge in [-0.05, 0) is 36.8 Å². The standard InChI is InChI=1S/C18H32N2O4/c1-10(2)12-7-20-15(14(12)16(21)23-5)18(17(22)24-6)9-19-8-13(18)11(3)4/h10-15,19-20H,7-9H2,1-6H3. The third kappa shape index (κ3) is 2.94. The molecule has 2 heterocycles. The lowest BCUT2D eigenvalue weighted by Crippen LogP contribution is -2.58. The van der Waals surface area contributed by atoms with Crippen LogP contribution in [0.5, 0.6) is 0 Å². The van der Waals surface area contributed by atoms with Gasteiger partial charge in [-0.25, -0.2) is 0 Å². The number of rotatable bonds is 5. The second kappa shape index (κ2) is 7.40. The van der Waals surface area contributed by atoms with Crippen LogP contribution in [-0.4, -0.2) is 51.8 Å². The van der Waals surface area contributed by atoms with Crippen molar-refractivity contribution >= 4 is 11.9 Å². The summed E-state index contributed by atoms with van der Waals surface area (Å²) in [7, 11) is 2.86. The maximum absolute atomic E-state index is 12.9. The van der Waals surface area contributed by atoms with Crippen molar-refractivity contribution in [3.05, 3.63) is 0 Å². The number of hydrogen-bond donors (Lipinski definition) is 2. The molecular weight excluding hydrogens is 308 g/mol. The van der Waals surface area contributed by atoms with Gasteiger partial charge in [0, 0.05) is 12.6 Å². The smallest absolute Gasteiger partial charge is 0.315 e. The zero-order chi connectivity index (χ0) is 18.1. The van der Waals surface area contributed by atoms with Crippen LogP contribution in [0, 0.1) is 35.0 Å². The summed E-state index contributed by atoms with van der Waals surface area (Å²) in [6, 6.07) is -0.271. The third-order valence-corrected chi connectivity index (χ3v) is 6.09. The van der Waals surface area contributed by atoms with E-state index in [-0.39, 0.29) is 35.7 Å². The average molecular weight is 340 g/mol. The predicted octanol–water partition coefficient (Wildman–Crippen LogP) is 1.05. The monoisotopic (exact) mass is 340 g/mol. The number of carbonyl (C=O) groups excluding carboxylic acids is 2. The third-order valence-electron chi connectivity index (χ3n) is 6.09. The Morgan fingerprint density at radius 2 is 1.71 bits per heavy atom. The first-order valence-electron chi connectivity index (χ1n) is 8.91. The fourth-order valence-corrected chi connectivity index (χ4v) is 4.82. The number of esters is 2. The molecule has 0 aliphatic carbocycles. The first kappa shape index (κ1) is 19.2. The Labute approximate surface area is 145 Å². The van der Waals surface area contributed by atoms with E-state index in [9.17, 15) is 9.59 Å². The lowest BCUT2D eigenvalue weighted by atomic mass is 9.63. The molecule has 0 spiro atoms. The summed E-state index contributed by atoms with van der Waals surface area (Å²) in [4.78, 5) is 25.5. The number of nitrogens with one attached hydrogen (secondary N) is 2. The Morgan fingerprint density at radius 1 is 1.04 bits per heavy atom. The van der Waals surface area contributed by atoms with Gasteiger partial charge >= 0.3 is 11.9 Å². The van der Waals surface area contributed by atoms with Crippen molar-refractivity contribution in [2.45, 2.75) is 33.7 Å². The zero-order valence-corrected chi connectivity index (χ0v) is 15.7. The van der Waals surface area contributed by atoms with Crippen LogP contribution in [-0.2, 0) is 19.1 Å². The van der Waals surface area contributed by atoms with Crippen LogP contribution in [0.25, 0.3) is 0 Å². The van der Waals surface area contributed by atoms with Gasteiger partial charge in [0.1, 0.15) is 5.41 Å². The van der Waals surface area contributed by atoms with Crippen LogP contribution in [0.15, 0.2) is 0 Å². The normalized spacial score (nSPS) is 36.3. The lowest BCUT2D eigenvalue weighted by molar-refractivity contribution is -0.161. The highest BCUT2D eigenvalue weighted by atomic mass is 16.5. The van der Waals surface area contributed by atoms with E-state index in [1.807, 2.05) is 0 Å². The quantitative estimate of drug-likeness (QED) is 0.729. The summed E-state index contributed by atoms with van der Waals surface area (Å²) in [5, 5.41) is 6.86. The Kier molecular flexibility index (Phi) is 5.91.